The van der Waals surface area contributed by atoms with Gasteiger partial charge in [0.2, 0.25) is 5.91 Å². The van der Waals surface area contributed by atoms with E-state index in [2.05, 4.69) is 15.3 Å². The first-order valence-corrected chi connectivity index (χ1v) is 9.24. The number of para-hydroxylation sites is 1. The van der Waals surface area contributed by atoms with Crippen LogP contribution in [0.5, 0.6) is 0 Å². The number of hydrogen-bond donors (Lipinski definition) is 2. The number of amides is 1. The molecule has 0 saturated carbocycles. The van der Waals surface area contributed by atoms with Gasteiger partial charge in [-0.25, -0.2) is 9.37 Å². The van der Waals surface area contributed by atoms with Crippen LogP contribution < -0.4 is 10.9 Å². The zero-order valence-corrected chi connectivity index (χ0v) is 16.3. The van der Waals surface area contributed by atoms with Gasteiger partial charge in [-0.2, -0.15) is 0 Å². The van der Waals surface area contributed by atoms with E-state index in [0.717, 1.165) is 6.07 Å². The fraction of sp³-hybridized carbons (Fsp3) is 0.250. The molecule has 3 rings (SSSR count). The van der Waals surface area contributed by atoms with Crippen LogP contribution in [0.1, 0.15) is 19.7 Å². The van der Waals surface area contributed by atoms with Crippen LogP contribution >= 0.6 is 11.6 Å². The van der Waals surface area contributed by atoms with E-state index >= 15 is 0 Å². The number of likely N-dealkylation sites (N-methyl/N-ethyl adjacent to an activating group) is 1. The lowest BCUT2D eigenvalue weighted by molar-refractivity contribution is -0.120. The Morgan fingerprint density at radius 3 is 2.79 bits per heavy atom. The highest BCUT2D eigenvalue weighted by molar-refractivity contribution is 6.30. The van der Waals surface area contributed by atoms with Gasteiger partial charge in [0.15, 0.2) is 0 Å². The number of anilines is 1. The van der Waals surface area contributed by atoms with E-state index in [-0.39, 0.29) is 28.7 Å². The van der Waals surface area contributed by atoms with Gasteiger partial charge in [0.25, 0.3) is 5.56 Å². The average molecular weight is 403 g/mol. The summed E-state index contributed by atoms with van der Waals surface area (Å²) >= 11 is 5.74. The summed E-state index contributed by atoms with van der Waals surface area (Å²) in [6.45, 7) is 4.42. The van der Waals surface area contributed by atoms with E-state index in [1.165, 1.54) is 12.1 Å². The molecule has 1 aromatic heterocycles. The number of hydrogen-bond acceptors (Lipinski definition) is 4. The van der Waals surface area contributed by atoms with E-state index in [9.17, 15) is 14.0 Å². The first kappa shape index (κ1) is 20.0. The average Bonchev–Trinajstić information content (AvgIpc) is 2.67. The van der Waals surface area contributed by atoms with Crippen LogP contribution in [0.15, 0.2) is 47.3 Å². The predicted octanol–water partition coefficient (Wildman–Crippen LogP) is 3.56. The van der Waals surface area contributed by atoms with Crippen LogP contribution in [-0.2, 0) is 11.3 Å². The third-order valence-corrected chi connectivity index (χ3v) is 4.77. The molecule has 3 aromatic rings. The van der Waals surface area contributed by atoms with Crippen molar-refractivity contribution in [2.45, 2.75) is 26.4 Å². The second-order valence-corrected chi connectivity index (χ2v) is 6.82. The Labute approximate surface area is 166 Å². The van der Waals surface area contributed by atoms with Crippen LogP contribution in [0.25, 0.3) is 10.9 Å². The minimum atomic E-state index is -0.600. The second kappa shape index (κ2) is 8.50. The number of rotatable bonds is 6. The summed E-state index contributed by atoms with van der Waals surface area (Å²) in [5.74, 6) is -0.509. The first-order chi connectivity index (χ1) is 13.4. The van der Waals surface area contributed by atoms with Gasteiger partial charge < -0.3 is 10.3 Å². The van der Waals surface area contributed by atoms with Crippen molar-refractivity contribution in [1.29, 1.82) is 0 Å². The van der Waals surface area contributed by atoms with Crippen molar-refractivity contribution in [3.63, 3.8) is 0 Å². The van der Waals surface area contributed by atoms with Gasteiger partial charge in [-0.05, 0) is 43.8 Å². The summed E-state index contributed by atoms with van der Waals surface area (Å²) < 4.78 is 13.9. The molecule has 1 heterocycles. The molecule has 1 amide bonds. The Hall–Kier alpha value is -2.77. The molecule has 0 aliphatic heterocycles. The van der Waals surface area contributed by atoms with Crippen molar-refractivity contribution in [3.8, 4) is 0 Å². The Bertz CT molecular complexity index is 1070. The van der Waals surface area contributed by atoms with Crippen molar-refractivity contribution >= 4 is 34.1 Å². The van der Waals surface area contributed by atoms with Crippen LogP contribution in [-0.4, -0.2) is 33.4 Å². The Morgan fingerprint density at radius 1 is 1.32 bits per heavy atom. The maximum Gasteiger partial charge on any atom is 0.258 e. The summed E-state index contributed by atoms with van der Waals surface area (Å²) in [5.41, 5.74) is 0.434. The monoisotopic (exact) mass is 402 g/mol. The maximum absolute atomic E-state index is 13.9. The van der Waals surface area contributed by atoms with Crippen LogP contribution in [0, 0.1) is 5.82 Å². The highest BCUT2D eigenvalue weighted by atomic mass is 35.5. The van der Waals surface area contributed by atoms with Gasteiger partial charge in [0.1, 0.15) is 11.6 Å². The van der Waals surface area contributed by atoms with Crippen LogP contribution in [0.4, 0.5) is 10.1 Å². The molecule has 1 atom stereocenters. The Balaban J connectivity index is 1.77. The highest BCUT2D eigenvalue weighted by Gasteiger charge is 2.22. The SMILES string of the molecule is CCN(Cc1nc2ccccc2c(=O)[nH]1)C(C)C(=O)Nc1ccc(Cl)cc1F. The quantitative estimate of drug-likeness (QED) is 0.660. The van der Waals surface area contributed by atoms with Crippen LogP contribution in [0.3, 0.4) is 0 Å². The van der Waals surface area contributed by atoms with Gasteiger partial charge in [-0.3, -0.25) is 14.5 Å². The van der Waals surface area contributed by atoms with Crippen molar-refractivity contribution in [3.05, 3.63) is 69.5 Å². The van der Waals surface area contributed by atoms with Crippen molar-refractivity contribution in [2.75, 3.05) is 11.9 Å². The molecule has 2 N–H and O–H groups in total. The third-order valence-electron chi connectivity index (χ3n) is 4.54. The minimum absolute atomic E-state index is 0.0644. The molecule has 0 aliphatic carbocycles. The fourth-order valence-electron chi connectivity index (χ4n) is 2.92. The smallest absolute Gasteiger partial charge is 0.258 e. The van der Waals surface area contributed by atoms with E-state index in [1.807, 2.05) is 17.9 Å². The number of fused-ring (bicyclic) bond motifs is 1. The van der Waals surface area contributed by atoms with Crippen molar-refractivity contribution < 1.29 is 9.18 Å². The number of aromatic nitrogens is 2. The number of carbonyl (C=O) groups excluding carboxylic acids is 1. The van der Waals surface area contributed by atoms with E-state index in [1.54, 1.807) is 25.1 Å². The predicted molar refractivity (Wildman–Crippen MR) is 108 cm³/mol. The molecule has 28 heavy (non-hydrogen) atoms. The minimum Gasteiger partial charge on any atom is -0.322 e. The molecular weight excluding hydrogens is 383 g/mol. The zero-order chi connectivity index (χ0) is 20.3. The molecule has 0 saturated heterocycles. The molecule has 2 aromatic carbocycles. The van der Waals surface area contributed by atoms with E-state index in [4.69, 9.17) is 11.6 Å². The summed E-state index contributed by atoms with van der Waals surface area (Å²) in [7, 11) is 0. The molecular formula is C20H20ClFN4O2. The fourth-order valence-corrected chi connectivity index (χ4v) is 3.08. The Kier molecular flexibility index (Phi) is 6.06. The molecule has 0 aliphatic rings. The van der Waals surface area contributed by atoms with Gasteiger partial charge in [0, 0.05) is 5.02 Å². The summed E-state index contributed by atoms with van der Waals surface area (Å²) in [5, 5.41) is 3.34. The third kappa shape index (κ3) is 4.37. The number of carbonyl (C=O) groups is 1. The molecule has 0 bridgehead atoms. The van der Waals surface area contributed by atoms with E-state index < -0.39 is 11.9 Å². The number of H-pyrrole nitrogens is 1. The molecule has 146 valence electrons. The lowest BCUT2D eigenvalue weighted by Gasteiger charge is -2.26. The molecule has 0 radical (unpaired) electrons. The molecule has 8 heteroatoms. The largest absolute Gasteiger partial charge is 0.322 e. The molecule has 6 nitrogen and oxygen atoms in total. The van der Waals surface area contributed by atoms with Gasteiger partial charge in [-0.1, -0.05) is 30.7 Å². The van der Waals surface area contributed by atoms with Crippen molar-refractivity contribution in [2.24, 2.45) is 0 Å². The van der Waals surface area contributed by atoms with Crippen LogP contribution in [0.2, 0.25) is 5.02 Å². The molecule has 1 unspecified atom stereocenters. The number of nitrogens with one attached hydrogen (secondary N) is 2. The number of halogens is 2. The van der Waals surface area contributed by atoms with Gasteiger partial charge in [0.05, 0.1) is 29.2 Å². The zero-order valence-electron chi connectivity index (χ0n) is 15.5. The highest BCUT2D eigenvalue weighted by Crippen LogP contribution is 2.19. The summed E-state index contributed by atoms with van der Waals surface area (Å²) in [6, 6.07) is 10.6. The molecule has 0 fully saturated rings. The lowest BCUT2D eigenvalue weighted by Crippen LogP contribution is -2.42. The Morgan fingerprint density at radius 2 is 2.07 bits per heavy atom. The normalized spacial score (nSPS) is 12.3. The summed E-state index contributed by atoms with van der Waals surface area (Å²) in [6.07, 6.45) is 0. The van der Waals surface area contributed by atoms with Gasteiger partial charge >= 0.3 is 0 Å². The molecule has 0 spiro atoms. The summed E-state index contributed by atoms with van der Waals surface area (Å²) in [4.78, 5) is 33.9. The number of aromatic amines is 1. The van der Waals surface area contributed by atoms with Gasteiger partial charge in [-0.15, -0.1) is 0 Å². The van der Waals surface area contributed by atoms with E-state index in [0.29, 0.717) is 23.3 Å². The number of benzene rings is 2. The number of nitrogens with zero attached hydrogens (tertiary/aromatic N) is 2. The maximum atomic E-state index is 13.9. The topological polar surface area (TPSA) is 78.1 Å². The lowest BCUT2D eigenvalue weighted by atomic mass is 10.2. The second-order valence-electron chi connectivity index (χ2n) is 6.38. The first-order valence-electron chi connectivity index (χ1n) is 8.87. The van der Waals surface area contributed by atoms with Crippen molar-refractivity contribution in [1.82, 2.24) is 14.9 Å². The standard InChI is InChI=1S/C20H20ClFN4O2/c1-3-26(11-18-23-16-7-5-4-6-14(16)20(28)25-18)12(2)19(27)24-17-9-8-13(21)10-15(17)22/h4-10,12H,3,11H2,1-2H3,(H,24,27)(H,23,25,28).